The van der Waals surface area contributed by atoms with Gasteiger partial charge in [0.25, 0.3) is 0 Å². The fourth-order valence-electron chi connectivity index (χ4n) is 3.93. The number of aryl methyl sites for hydroxylation is 1. The highest BCUT2D eigenvalue weighted by Gasteiger charge is 2.22. The number of hydrogen-bond acceptors (Lipinski definition) is 3. The minimum Gasteiger partial charge on any atom is -0.313 e. The van der Waals surface area contributed by atoms with Gasteiger partial charge in [0.15, 0.2) is 0 Å². The highest BCUT2D eigenvalue weighted by Crippen LogP contribution is 2.29. The van der Waals surface area contributed by atoms with Gasteiger partial charge in [-0.25, -0.2) is 9.48 Å². The van der Waals surface area contributed by atoms with E-state index in [9.17, 15) is 9.59 Å². The van der Waals surface area contributed by atoms with Gasteiger partial charge < -0.3 is 15.5 Å². The molecule has 38 heavy (non-hydrogen) atoms. The number of aromatic nitrogens is 2. The quantitative estimate of drug-likeness (QED) is 0.253. The van der Waals surface area contributed by atoms with Crippen molar-refractivity contribution in [3.8, 4) is 16.9 Å². The molecule has 0 unspecified atom stereocenters. The number of anilines is 2. The lowest BCUT2D eigenvalue weighted by molar-refractivity contribution is -0.117. The molecule has 2 N–H and O–H groups in total. The summed E-state index contributed by atoms with van der Waals surface area (Å²) in [7, 11) is 0. The molecule has 0 aliphatic heterocycles. The first kappa shape index (κ1) is 27.2. The molecule has 0 aliphatic rings. The molecule has 1 heterocycles. The lowest BCUT2D eigenvalue weighted by Gasteiger charge is -2.27. The molecule has 0 aliphatic carbocycles. The van der Waals surface area contributed by atoms with Crippen LogP contribution in [-0.4, -0.2) is 39.2 Å². The summed E-state index contributed by atoms with van der Waals surface area (Å²) in [5.74, 6) is 0.0709. The zero-order chi connectivity index (χ0) is 27.4. The van der Waals surface area contributed by atoms with Crippen molar-refractivity contribution in [1.29, 1.82) is 0 Å². The summed E-state index contributed by atoms with van der Waals surface area (Å²) in [6.45, 7) is 7.51. The highest BCUT2D eigenvalue weighted by molar-refractivity contribution is 6.42. The van der Waals surface area contributed by atoms with Crippen molar-refractivity contribution in [3.05, 3.63) is 94.0 Å². The van der Waals surface area contributed by atoms with E-state index in [1.165, 1.54) is 4.90 Å². The van der Waals surface area contributed by atoms with Gasteiger partial charge in [-0.3, -0.25) is 4.79 Å². The maximum atomic E-state index is 13.2. The van der Waals surface area contributed by atoms with Crippen LogP contribution in [0.15, 0.2) is 72.8 Å². The van der Waals surface area contributed by atoms with Crippen molar-refractivity contribution in [2.45, 2.75) is 33.7 Å². The Balaban J connectivity index is 1.59. The lowest BCUT2D eigenvalue weighted by atomic mass is 10.1. The molecule has 7 nitrogen and oxygen atoms in total. The normalized spacial score (nSPS) is 10.9. The van der Waals surface area contributed by atoms with Crippen molar-refractivity contribution in [1.82, 2.24) is 14.7 Å². The maximum absolute atomic E-state index is 13.2. The Kier molecular flexibility index (Phi) is 8.39. The summed E-state index contributed by atoms with van der Waals surface area (Å²) in [5, 5.41) is 11.3. The number of hydrogen-bond donors (Lipinski definition) is 2. The monoisotopic (exact) mass is 549 g/mol. The van der Waals surface area contributed by atoms with Gasteiger partial charge in [-0.15, -0.1) is 0 Å². The summed E-state index contributed by atoms with van der Waals surface area (Å²) in [6.07, 6.45) is 0. The molecule has 0 radical (unpaired) electrons. The van der Waals surface area contributed by atoms with E-state index < -0.39 is 0 Å². The first-order chi connectivity index (χ1) is 18.1. The number of rotatable bonds is 7. The number of benzene rings is 3. The molecule has 0 atom stereocenters. The van der Waals surface area contributed by atoms with Crippen LogP contribution in [0.25, 0.3) is 16.9 Å². The topological polar surface area (TPSA) is 79.3 Å². The SMILES string of the molecule is Cc1cccc(NC(=O)N(CC(=O)Nc2cc(-c3ccccc3)nn2-c2ccc(Cl)c(Cl)c2)C(C)C)c1C. The van der Waals surface area contributed by atoms with Crippen molar-refractivity contribution < 1.29 is 9.59 Å². The van der Waals surface area contributed by atoms with Crippen LogP contribution in [0.4, 0.5) is 16.3 Å². The third-order valence-electron chi connectivity index (χ3n) is 6.24. The molecule has 3 amide bonds. The Bertz CT molecular complexity index is 1470. The Labute approximate surface area is 232 Å². The largest absolute Gasteiger partial charge is 0.322 e. The minimum absolute atomic E-state index is 0.151. The lowest BCUT2D eigenvalue weighted by Crippen LogP contribution is -2.44. The van der Waals surface area contributed by atoms with Crippen molar-refractivity contribution in [2.24, 2.45) is 0 Å². The number of nitrogens with one attached hydrogen (secondary N) is 2. The molecular weight excluding hydrogens is 521 g/mol. The standard InChI is InChI=1S/C29H29Cl2N5O2/c1-18(2)35(29(38)32-25-12-8-9-19(3)20(25)4)17-28(37)33-27-16-26(21-10-6-5-7-11-21)34-36(27)22-13-14-23(30)24(31)15-22/h5-16,18H,17H2,1-4H3,(H,32,38)(H,33,37). The van der Waals surface area contributed by atoms with E-state index in [1.807, 2.05) is 76.2 Å². The van der Waals surface area contributed by atoms with Crippen LogP contribution in [0, 0.1) is 13.8 Å². The van der Waals surface area contributed by atoms with Crippen LogP contribution in [0.3, 0.4) is 0 Å². The van der Waals surface area contributed by atoms with Crippen LogP contribution in [0.5, 0.6) is 0 Å². The minimum atomic E-state index is -0.365. The summed E-state index contributed by atoms with van der Waals surface area (Å²) < 4.78 is 1.60. The van der Waals surface area contributed by atoms with E-state index in [2.05, 4.69) is 10.6 Å². The van der Waals surface area contributed by atoms with E-state index in [0.29, 0.717) is 32.9 Å². The van der Waals surface area contributed by atoms with Crippen LogP contribution < -0.4 is 10.6 Å². The van der Waals surface area contributed by atoms with Gasteiger partial charge in [-0.1, -0.05) is 65.7 Å². The van der Waals surface area contributed by atoms with Crippen LogP contribution in [-0.2, 0) is 4.79 Å². The van der Waals surface area contributed by atoms with Crippen molar-refractivity contribution in [3.63, 3.8) is 0 Å². The molecule has 4 aromatic rings. The predicted molar refractivity (Wildman–Crippen MR) is 154 cm³/mol. The van der Waals surface area contributed by atoms with Crippen LogP contribution in [0.1, 0.15) is 25.0 Å². The number of carbonyl (C=O) groups is 2. The Hall–Kier alpha value is -3.81. The zero-order valence-electron chi connectivity index (χ0n) is 21.6. The number of urea groups is 1. The zero-order valence-corrected chi connectivity index (χ0v) is 23.1. The van der Waals surface area contributed by atoms with E-state index in [4.69, 9.17) is 28.3 Å². The average molecular weight is 550 g/mol. The van der Waals surface area contributed by atoms with E-state index in [-0.39, 0.29) is 24.5 Å². The van der Waals surface area contributed by atoms with Crippen LogP contribution in [0.2, 0.25) is 10.0 Å². The molecule has 1 aromatic heterocycles. The number of halogens is 2. The first-order valence-corrected chi connectivity index (χ1v) is 12.9. The molecule has 3 aromatic carbocycles. The van der Waals surface area contributed by atoms with E-state index in [0.717, 1.165) is 16.7 Å². The van der Waals surface area contributed by atoms with Gasteiger partial charge in [0.2, 0.25) is 5.91 Å². The van der Waals surface area contributed by atoms with Gasteiger partial charge in [0, 0.05) is 23.4 Å². The Morgan fingerprint density at radius 3 is 2.34 bits per heavy atom. The van der Waals surface area contributed by atoms with Crippen molar-refractivity contribution >= 4 is 46.6 Å². The number of carbonyl (C=O) groups excluding carboxylic acids is 2. The van der Waals surface area contributed by atoms with E-state index >= 15 is 0 Å². The molecule has 196 valence electrons. The second kappa shape index (κ2) is 11.7. The number of amides is 3. The molecule has 0 spiro atoms. The third-order valence-corrected chi connectivity index (χ3v) is 6.98. The summed E-state index contributed by atoms with van der Waals surface area (Å²) in [6, 6.07) is 21.7. The molecule has 0 saturated heterocycles. The van der Waals surface area contributed by atoms with Crippen LogP contribution >= 0.6 is 23.2 Å². The molecule has 0 fully saturated rings. The maximum Gasteiger partial charge on any atom is 0.322 e. The molecule has 4 rings (SSSR count). The van der Waals surface area contributed by atoms with Crippen molar-refractivity contribution in [2.75, 3.05) is 17.2 Å². The molecule has 0 saturated carbocycles. The summed E-state index contributed by atoms with van der Waals surface area (Å²) in [4.78, 5) is 27.9. The number of nitrogens with zero attached hydrogens (tertiary/aromatic N) is 3. The van der Waals surface area contributed by atoms with E-state index in [1.54, 1.807) is 28.9 Å². The fraction of sp³-hybridized carbons (Fsp3) is 0.207. The van der Waals surface area contributed by atoms with Gasteiger partial charge in [-0.05, 0) is 63.1 Å². The fourth-order valence-corrected chi connectivity index (χ4v) is 4.23. The Morgan fingerprint density at radius 1 is 0.921 bits per heavy atom. The van der Waals surface area contributed by atoms with Gasteiger partial charge in [0.1, 0.15) is 12.4 Å². The summed E-state index contributed by atoms with van der Waals surface area (Å²) in [5.41, 5.74) is 4.95. The summed E-state index contributed by atoms with van der Waals surface area (Å²) >= 11 is 12.4. The average Bonchev–Trinajstić information content (AvgIpc) is 3.31. The van der Waals surface area contributed by atoms with Gasteiger partial charge in [0.05, 0.1) is 21.4 Å². The van der Waals surface area contributed by atoms with Gasteiger partial charge >= 0.3 is 6.03 Å². The highest BCUT2D eigenvalue weighted by atomic mass is 35.5. The molecule has 0 bridgehead atoms. The molecule has 9 heteroatoms. The second-order valence-corrected chi connectivity index (χ2v) is 10.1. The Morgan fingerprint density at radius 2 is 1.66 bits per heavy atom. The first-order valence-electron chi connectivity index (χ1n) is 12.2. The van der Waals surface area contributed by atoms with Gasteiger partial charge in [-0.2, -0.15) is 5.10 Å². The third kappa shape index (κ3) is 6.18. The second-order valence-electron chi connectivity index (χ2n) is 9.24. The smallest absolute Gasteiger partial charge is 0.313 e. The molecular formula is C29H29Cl2N5O2. The predicted octanol–water partition coefficient (Wildman–Crippen LogP) is 7.34.